The Balaban J connectivity index is 0.000000810. The summed E-state index contributed by atoms with van der Waals surface area (Å²) in [4.78, 5) is 0. The van der Waals surface area contributed by atoms with Crippen molar-refractivity contribution in [2.45, 2.75) is 53.9 Å². The topological polar surface area (TPSA) is 0 Å². The minimum atomic E-state index is 0. The molecule has 0 aliphatic heterocycles. The van der Waals surface area contributed by atoms with E-state index in [-0.39, 0.29) is 7.43 Å². The molecular formula is C10H22. The van der Waals surface area contributed by atoms with Crippen LogP contribution in [0.3, 0.4) is 0 Å². The molecule has 0 N–H and O–H groups in total. The van der Waals surface area contributed by atoms with Gasteiger partial charge in [-0.05, 0) is 30.6 Å². The molecule has 0 aromatic rings. The molecule has 0 aromatic heterocycles. The van der Waals surface area contributed by atoms with Crippen LogP contribution in [-0.2, 0) is 0 Å². The maximum atomic E-state index is 2.39. The van der Waals surface area contributed by atoms with Gasteiger partial charge in [0, 0.05) is 0 Å². The highest BCUT2D eigenvalue weighted by atomic mass is 14.3. The third-order valence-corrected chi connectivity index (χ3v) is 2.65. The average Bonchev–Trinajstić information content (AvgIpc) is 2.10. The molecule has 0 heterocycles. The second-order valence-electron chi connectivity index (χ2n) is 4.18. The molecule has 62 valence electrons. The summed E-state index contributed by atoms with van der Waals surface area (Å²) in [5.41, 5.74) is 0.667. The van der Waals surface area contributed by atoms with E-state index >= 15 is 0 Å². The van der Waals surface area contributed by atoms with Gasteiger partial charge in [-0.3, -0.25) is 0 Å². The smallest absolute Gasteiger partial charge is 0.0351 e. The Morgan fingerprint density at radius 1 is 1.40 bits per heavy atom. The predicted molar refractivity (Wildman–Crippen MR) is 48.1 cm³/mol. The lowest BCUT2D eigenvalue weighted by molar-refractivity contribution is 0.358. The first-order valence-corrected chi connectivity index (χ1v) is 4.14. The second kappa shape index (κ2) is 3.41. The van der Waals surface area contributed by atoms with Crippen LogP contribution in [0.25, 0.3) is 0 Å². The van der Waals surface area contributed by atoms with E-state index in [0.717, 1.165) is 5.92 Å². The maximum Gasteiger partial charge on any atom is -0.0351 e. The van der Waals surface area contributed by atoms with Gasteiger partial charge in [-0.25, -0.2) is 0 Å². The van der Waals surface area contributed by atoms with Gasteiger partial charge in [-0.2, -0.15) is 0 Å². The first-order valence-electron chi connectivity index (χ1n) is 4.14. The first-order chi connectivity index (χ1) is 4.14. The number of hydrogen-bond donors (Lipinski definition) is 0. The fourth-order valence-electron chi connectivity index (χ4n) is 1.93. The summed E-state index contributed by atoms with van der Waals surface area (Å²) in [5.74, 6) is 1.04. The van der Waals surface area contributed by atoms with Crippen molar-refractivity contribution in [3.05, 3.63) is 0 Å². The molecule has 0 bridgehead atoms. The summed E-state index contributed by atoms with van der Waals surface area (Å²) in [6, 6.07) is 0. The standard InChI is InChI=1S/C9H18.CH4/c1-4-8-5-6-9(2,3)7-8;/h8H,4-7H2,1-3H3;1H4. The second-order valence-corrected chi connectivity index (χ2v) is 4.18. The Bertz CT molecular complexity index is 92.2. The zero-order chi connectivity index (χ0) is 6.91. The van der Waals surface area contributed by atoms with Crippen LogP contribution in [0, 0.1) is 11.3 Å². The van der Waals surface area contributed by atoms with Gasteiger partial charge in [-0.15, -0.1) is 0 Å². The lowest BCUT2D eigenvalue weighted by Gasteiger charge is -2.15. The molecule has 0 radical (unpaired) electrons. The molecule has 1 unspecified atom stereocenters. The molecule has 1 aliphatic rings. The van der Waals surface area contributed by atoms with E-state index < -0.39 is 0 Å². The Hall–Kier alpha value is 0. The highest BCUT2D eigenvalue weighted by molar-refractivity contribution is 4.80. The van der Waals surface area contributed by atoms with E-state index in [0.29, 0.717) is 5.41 Å². The molecule has 1 atom stereocenters. The van der Waals surface area contributed by atoms with E-state index in [4.69, 9.17) is 0 Å². The van der Waals surface area contributed by atoms with Crippen molar-refractivity contribution in [1.29, 1.82) is 0 Å². The number of hydrogen-bond acceptors (Lipinski definition) is 0. The molecule has 1 fully saturated rings. The molecule has 10 heavy (non-hydrogen) atoms. The van der Waals surface area contributed by atoms with Crippen LogP contribution < -0.4 is 0 Å². The first kappa shape index (κ1) is 10.0. The van der Waals surface area contributed by atoms with Crippen molar-refractivity contribution in [2.75, 3.05) is 0 Å². The van der Waals surface area contributed by atoms with Gasteiger partial charge in [0.2, 0.25) is 0 Å². The molecule has 1 saturated carbocycles. The summed E-state index contributed by atoms with van der Waals surface area (Å²) in [6.07, 6.45) is 5.78. The van der Waals surface area contributed by atoms with Crippen molar-refractivity contribution in [2.24, 2.45) is 11.3 Å². The van der Waals surface area contributed by atoms with Gasteiger partial charge >= 0.3 is 0 Å². The lowest BCUT2D eigenvalue weighted by Crippen LogP contribution is -2.04. The van der Waals surface area contributed by atoms with Crippen LogP contribution in [0.5, 0.6) is 0 Å². The van der Waals surface area contributed by atoms with E-state index in [1.165, 1.54) is 25.7 Å². The average molecular weight is 142 g/mol. The molecule has 0 spiro atoms. The van der Waals surface area contributed by atoms with E-state index in [1.54, 1.807) is 0 Å². The third-order valence-electron chi connectivity index (χ3n) is 2.65. The Morgan fingerprint density at radius 3 is 2.20 bits per heavy atom. The van der Waals surface area contributed by atoms with Crippen molar-refractivity contribution in [3.8, 4) is 0 Å². The zero-order valence-corrected chi connectivity index (χ0v) is 6.91. The van der Waals surface area contributed by atoms with Gasteiger partial charge < -0.3 is 0 Å². The summed E-state index contributed by atoms with van der Waals surface area (Å²) >= 11 is 0. The SMILES string of the molecule is C.CCC1CCC(C)(C)C1. The van der Waals surface area contributed by atoms with E-state index in [9.17, 15) is 0 Å². The zero-order valence-electron chi connectivity index (χ0n) is 6.91. The van der Waals surface area contributed by atoms with Crippen LogP contribution in [-0.4, -0.2) is 0 Å². The monoisotopic (exact) mass is 142 g/mol. The van der Waals surface area contributed by atoms with Crippen molar-refractivity contribution in [1.82, 2.24) is 0 Å². The van der Waals surface area contributed by atoms with E-state index in [1.807, 2.05) is 0 Å². The summed E-state index contributed by atoms with van der Waals surface area (Å²) in [6.45, 7) is 7.09. The Morgan fingerprint density at radius 2 is 2.00 bits per heavy atom. The largest absolute Gasteiger partial charge is 0.0776 e. The lowest BCUT2D eigenvalue weighted by atomic mass is 9.90. The molecule has 0 aromatic carbocycles. The fourth-order valence-corrected chi connectivity index (χ4v) is 1.93. The van der Waals surface area contributed by atoms with Gasteiger partial charge in [0.1, 0.15) is 0 Å². The van der Waals surface area contributed by atoms with Crippen molar-refractivity contribution >= 4 is 0 Å². The van der Waals surface area contributed by atoms with Crippen LogP contribution in [0.2, 0.25) is 0 Å². The van der Waals surface area contributed by atoms with Crippen LogP contribution in [0.15, 0.2) is 0 Å². The van der Waals surface area contributed by atoms with Crippen LogP contribution in [0.4, 0.5) is 0 Å². The molecule has 1 aliphatic carbocycles. The van der Waals surface area contributed by atoms with Gasteiger partial charge in [-0.1, -0.05) is 34.6 Å². The van der Waals surface area contributed by atoms with Gasteiger partial charge in [0.05, 0.1) is 0 Å². The fraction of sp³-hybridized carbons (Fsp3) is 1.00. The minimum absolute atomic E-state index is 0. The maximum absolute atomic E-state index is 2.39. The highest BCUT2D eigenvalue weighted by Gasteiger charge is 2.29. The van der Waals surface area contributed by atoms with E-state index in [2.05, 4.69) is 20.8 Å². The minimum Gasteiger partial charge on any atom is -0.0776 e. The summed E-state index contributed by atoms with van der Waals surface area (Å²) in [5, 5.41) is 0. The summed E-state index contributed by atoms with van der Waals surface area (Å²) in [7, 11) is 0. The molecular weight excluding hydrogens is 120 g/mol. The van der Waals surface area contributed by atoms with Crippen LogP contribution >= 0.6 is 0 Å². The summed E-state index contributed by atoms with van der Waals surface area (Å²) < 4.78 is 0. The van der Waals surface area contributed by atoms with Crippen molar-refractivity contribution in [3.63, 3.8) is 0 Å². The number of rotatable bonds is 1. The predicted octanol–water partition coefficient (Wildman–Crippen LogP) is 3.86. The quantitative estimate of drug-likeness (QED) is 0.521. The third kappa shape index (κ3) is 2.32. The molecule has 1 rings (SSSR count). The Kier molecular flexibility index (Phi) is 3.41. The molecule has 0 amide bonds. The molecule has 0 heteroatoms. The van der Waals surface area contributed by atoms with Gasteiger partial charge in [0.15, 0.2) is 0 Å². The normalized spacial score (nSPS) is 29.7. The molecule has 0 nitrogen and oxygen atoms in total. The Labute approximate surface area is 66.0 Å². The van der Waals surface area contributed by atoms with Gasteiger partial charge in [0.25, 0.3) is 0 Å². The van der Waals surface area contributed by atoms with Crippen molar-refractivity contribution < 1.29 is 0 Å². The van der Waals surface area contributed by atoms with Crippen LogP contribution in [0.1, 0.15) is 53.9 Å². The molecule has 0 saturated heterocycles. The highest BCUT2D eigenvalue weighted by Crippen LogP contribution is 2.41.